The highest BCUT2D eigenvalue weighted by Crippen LogP contribution is 2.26. The molecule has 3 rings (SSSR count). The summed E-state index contributed by atoms with van der Waals surface area (Å²) in [6.45, 7) is 3.18. The molecule has 3 N–H and O–H groups in total. The number of halogens is 1. The van der Waals surface area contributed by atoms with E-state index in [2.05, 4.69) is 15.4 Å². The minimum atomic E-state index is -0.984. The molecule has 2 heterocycles. The van der Waals surface area contributed by atoms with Crippen LogP contribution in [0.4, 0.5) is 0 Å². The third-order valence-corrected chi connectivity index (χ3v) is 6.37. The molecule has 1 aromatic carbocycles. The molecule has 0 aliphatic rings. The summed E-state index contributed by atoms with van der Waals surface area (Å²) in [4.78, 5) is 42.1. The third kappa shape index (κ3) is 10.4. The lowest BCUT2D eigenvalue weighted by atomic mass is 10.0. The maximum Gasteiger partial charge on any atom is 0.328 e. The summed E-state index contributed by atoms with van der Waals surface area (Å²) >= 11 is 6.02. The Balaban J connectivity index is 1.61. The second kappa shape index (κ2) is 17.9. The van der Waals surface area contributed by atoms with Crippen molar-refractivity contribution in [3.8, 4) is 16.9 Å². The number of aryl methyl sites for hydroxylation is 1. The molecule has 3 aromatic rings. The average molecular weight is 618 g/mol. The molecule has 0 aliphatic heterocycles. The quantitative estimate of drug-likeness (QED) is 0.120. The van der Waals surface area contributed by atoms with E-state index in [0.717, 1.165) is 0 Å². The van der Waals surface area contributed by atoms with E-state index in [1.807, 2.05) is 0 Å². The van der Waals surface area contributed by atoms with Crippen molar-refractivity contribution in [1.82, 2.24) is 20.1 Å². The Hall–Kier alpha value is -3.88. The number of rotatable bonds is 18. The van der Waals surface area contributed by atoms with Gasteiger partial charge in [-0.25, -0.2) is 14.5 Å². The van der Waals surface area contributed by atoms with Gasteiger partial charge in [-0.15, -0.1) is 0 Å². The predicted octanol–water partition coefficient (Wildman–Crippen LogP) is 1.40. The summed E-state index contributed by atoms with van der Waals surface area (Å²) in [7, 11) is 2.79. The maximum absolute atomic E-state index is 13.0. The maximum atomic E-state index is 13.0. The average Bonchev–Trinajstić information content (AvgIpc) is 3.01. The lowest BCUT2D eigenvalue weighted by Gasteiger charge is -2.17. The zero-order valence-electron chi connectivity index (χ0n) is 24.1. The molecule has 232 valence electrons. The largest absolute Gasteiger partial charge is 0.489 e. The molecule has 0 bridgehead atoms. The van der Waals surface area contributed by atoms with Gasteiger partial charge in [-0.1, -0.05) is 35.9 Å². The fraction of sp³-hybridized carbons (Fsp3) is 0.414. The summed E-state index contributed by atoms with van der Waals surface area (Å²) in [5.74, 6) is -0.876. The van der Waals surface area contributed by atoms with Gasteiger partial charge >= 0.3 is 5.97 Å². The van der Waals surface area contributed by atoms with Crippen LogP contribution in [-0.2, 0) is 37.2 Å². The molecule has 0 radical (unpaired) electrons. The smallest absolute Gasteiger partial charge is 0.328 e. The van der Waals surface area contributed by atoms with Crippen molar-refractivity contribution in [2.45, 2.75) is 12.5 Å². The number of aromatic nitrogens is 3. The van der Waals surface area contributed by atoms with E-state index < -0.39 is 17.9 Å². The van der Waals surface area contributed by atoms with Crippen molar-refractivity contribution < 1.29 is 33.3 Å². The van der Waals surface area contributed by atoms with Crippen LogP contribution in [0.15, 0.2) is 53.6 Å². The molecule has 0 aliphatic carbocycles. The number of nitrogens with zero attached hydrogens (tertiary/aromatic N) is 3. The van der Waals surface area contributed by atoms with Crippen LogP contribution in [0.25, 0.3) is 11.1 Å². The lowest BCUT2D eigenvalue weighted by molar-refractivity contribution is -0.142. The summed E-state index contributed by atoms with van der Waals surface area (Å²) in [6, 6.07) is 9.07. The van der Waals surface area contributed by atoms with E-state index in [1.54, 1.807) is 37.4 Å². The van der Waals surface area contributed by atoms with Crippen molar-refractivity contribution >= 4 is 23.5 Å². The normalized spacial score (nSPS) is 11.6. The fourth-order valence-corrected chi connectivity index (χ4v) is 4.11. The first-order chi connectivity index (χ1) is 20.8. The molecular formula is C29H36ClN5O8. The van der Waals surface area contributed by atoms with E-state index in [0.29, 0.717) is 62.0 Å². The molecule has 0 spiro atoms. The number of nitrogens with two attached hydrogens (primary N) is 1. The van der Waals surface area contributed by atoms with Crippen LogP contribution in [0.1, 0.15) is 15.9 Å². The molecule has 0 saturated heterocycles. The Morgan fingerprint density at radius 3 is 2.28 bits per heavy atom. The Morgan fingerprint density at radius 1 is 1.00 bits per heavy atom. The molecule has 1 atom stereocenters. The number of benzene rings is 1. The zero-order chi connectivity index (χ0) is 31.0. The van der Waals surface area contributed by atoms with Gasteiger partial charge in [0.15, 0.2) is 5.75 Å². The summed E-state index contributed by atoms with van der Waals surface area (Å²) in [5.41, 5.74) is 6.78. The van der Waals surface area contributed by atoms with E-state index in [-0.39, 0.29) is 35.9 Å². The van der Waals surface area contributed by atoms with Crippen LogP contribution in [-0.4, -0.2) is 92.6 Å². The number of hydrogen-bond acceptors (Lipinski definition) is 11. The van der Waals surface area contributed by atoms with Gasteiger partial charge in [-0.2, -0.15) is 5.10 Å². The van der Waals surface area contributed by atoms with Gasteiger partial charge < -0.3 is 34.7 Å². The van der Waals surface area contributed by atoms with Crippen LogP contribution >= 0.6 is 11.6 Å². The van der Waals surface area contributed by atoms with Crippen molar-refractivity contribution in [3.05, 3.63) is 75.4 Å². The number of carbonyl (C=O) groups excluding carboxylic acids is 2. The molecule has 0 fully saturated rings. The summed E-state index contributed by atoms with van der Waals surface area (Å²) < 4.78 is 28.1. The number of pyridine rings is 1. The monoisotopic (exact) mass is 617 g/mol. The number of ether oxygens (including phenoxy) is 5. The molecule has 1 amide bonds. The van der Waals surface area contributed by atoms with Crippen molar-refractivity contribution in [1.29, 1.82) is 0 Å². The summed E-state index contributed by atoms with van der Waals surface area (Å²) in [5, 5.41) is 6.74. The van der Waals surface area contributed by atoms with Gasteiger partial charge in [0.1, 0.15) is 17.8 Å². The van der Waals surface area contributed by atoms with Gasteiger partial charge in [-0.3, -0.25) is 9.59 Å². The minimum Gasteiger partial charge on any atom is -0.489 e. The molecule has 0 saturated carbocycles. The van der Waals surface area contributed by atoms with E-state index in [9.17, 15) is 14.4 Å². The molecular weight excluding hydrogens is 582 g/mol. The van der Waals surface area contributed by atoms with Gasteiger partial charge in [-0.05, 0) is 23.3 Å². The zero-order valence-corrected chi connectivity index (χ0v) is 24.9. The Bertz CT molecular complexity index is 1390. The molecule has 14 heteroatoms. The number of esters is 1. The van der Waals surface area contributed by atoms with Crippen molar-refractivity contribution in [2.24, 2.45) is 12.8 Å². The van der Waals surface area contributed by atoms with Crippen LogP contribution in [0.5, 0.6) is 5.75 Å². The Morgan fingerprint density at radius 2 is 1.65 bits per heavy atom. The van der Waals surface area contributed by atoms with Crippen LogP contribution in [0, 0.1) is 0 Å². The highest BCUT2D eigenvalue weighted by molar-refractivity contribution is 6.32. The lowest BCUT2D eigenvalue weighted by Crippen LogP contribution is -2.43. The second-order valence-corrected chi connectivity index (χ2v) is 9.44. The fourth-order valence-electron chi connectivity index (χ4n) is 3.90. The number of amides is 1. The molecule has 2 aromatic heterocycles. The van der Waals surface area contributed by atoms with E-state index in [1.165, 1.54) is 30.3 Å². The molecule has 13 nitrogen and oxygen atoms in total. The number of nitrogens with one attached hydrogen (secondary N) is 1. The van der Waals surface area contributed by atoms with Crippen molar-refractivity contribution in [2.75, 3.05) is 59.9 Å². The predicted molar refractivity (Wildman–Crippen MR) is 158 cm³/mol. The third-order valence-electron chi connectivity index (χ3n) is 6.07. The van der Waals surface area contributed by atoms with Crippen LogP contribution in [0.3, 0.4) is 0 Å². The first-order valence-corrected chi connectivity index (χ1v) is 13.9. The van der Waals surface area contributed by atoms with E-state index >= 15 is 0 Å². The Labute approximate surface area is 254 Å². The number of carbonyl (C=O) groups is 2. The first-order valence-electron chi connectivity index (χ1n) is 13.6. The van der Waals surface area contributed by atoms with E-state index in [4.69, 9.17) is 41.0 Å². The number of hydrogen-bond donors (Lipinski definition) is 2. The standard InChI is InChI=1S/C29H36ClN5O8/c1-35-28(37)25(24(19-33-35)43-17-16-42-15-14-41-13-12-40-11-9-31)21-7-5-20(6-8-21)18-23(29(38)39-2)34-27(36)22-4-3-10-32-26(22)30/h3-8,10,19,23H,9,11-18,31H2,1-2H3,(H,34,36). The van der Waals surface area contributed by atoms with Crippen LogP contribution < -0.4 is 21.3 Å². The van der Waals surface area contributed by atoms with Gasteiger partial charge in [0.05, 0.1) is 64.1 Å². The van der Waals surface area contributed by atoms with Gasteiger partial charge in [0.25, 0.3) is 11.5 Å². The first kappa shape index (κ1) is 33.6. The van der Waals surface area contributed by atoms with Gasteiger partial charge in [0, 0.05) is 26.2 Å². The van der Waals surface area contributed by atoms with Gasteiger partial charge in [0.2, 0.25) is 0 Å². The molecule has 43 heavy (non-hydrogen) atoms. The summed E-state index contributed by atoms with van der Waals surface area (Å²) in [6.07, 6.45) is 3.07. The highest BCUT2D eigenvalue weighted by atomic mass is 35.5. The highest BCUT2D eigenvalue weighted by Gasteiger charge is 2.24. The van der Waals surface area contributed by atoms with Crippen molar-refractivity contribution in [3.63, 3.8) is 0 Å². The number of methoxy groups -OCH3 is 1. The SMILES string of the molecule is COC(=O)C(Cc1ccc(-c2c(OCCOCCOCCOCCN)cnn(C)c2=O)cc1)NC(=O)c1cccnc1Cl. The van der Waals surface area contributed by atoms with Crippen LogP contribution in [0.2, 0.25) is 5.15 Å². The Kier molecular flexibility index (Phi) is 14.0. The minimum absolute atomic E-state index is 0.0192. The molecule has 1 unspecified atom stereocenters. The topological polar surface area (TPSA) is 166 Å². The second-order valence-electron chi connectivity index (χ2n) is 9.08.